The lowest BCUT2D eigenvalue weighted by atomic mass is 9.97. The first-order valence-corrected chi connectivity index (χ1v) is 10.8. The average Bonchev–Trinajstić information content (AvgIpc) is 3.34. The Morgan fingerprint density at radius 3 is 2.66 bits per heavy atom. The Morgan fingerprint density at radius 2 is 1.91 bits per heavy atom. The number of aryl methyl sites for hydroxylation is 2. The average molecular weight is 490 g/mol. The summed E-state index contributed by atoms with van der Waals surface area (Å²) in [5.74, 6) is -0.591. The fraction of sp³-hybridized carbons (Fsp3) is 0.0800. The van der Waals surface area contributed by atoms with Gasteiger partial charge in [0.25, 0.3) is 11.5 Å². The number of rotatable bonds is 4. The van der Waals surface area contributed by atoms with E-state index in [1.54, 1.807) is 31.3 Å². The van der Waals surface area contributed by atoms with Crippen LogP contribution in [0.4, 0.5) is 10.2 Å². The minimum Gasteiger partial charge on any atom is -0.363 e. The Balaban J connectivity index is 1.65. The second-order valence-corrected chi connectivity index (χ2v) is 8.32. The second kappa shape index (κ2) is 8.77. The van der Waals surface area contributed by atoms with Crippen molar-refractivity contribution in [1.29, 1.82) is 0 Å². The zero-order valence-corrected chi connectivity index (χ0v) is 19.3. The first-order valence-electron chi connectivity index (χ1n) is 10.5. The number of hydrogen-bond acceptors (Lipinski definition) is 6. The highest BCUT2D eigenvalue weighted by atomic mass is 35.5. The van der Waals surface area contributed by atoms with Crippen LogP contribution in [0.5, 0.6) is 0 Å². The smallest absolute Gasteiger partial charge is 0.258 e. The lowest BCUT2D eigenvalue weighted by Gasteiger charge is -2.14. The number of hydrogen-bond donors (Lipinski definition) is 1. The Morgan fingerprint density at radius 1 is 1.09 bits per heavy atom. The van der Waals surface area contributed by atoms with Gasteiger partial charge in [-0.15, -0.1) is 5.10 Å². The van der Waals surface area contributed by atoms with Gasteiger partial charge in [-0.2, -0.15) is 5.10 Å². The van der Waals surface area contributed by atoms with Gasteiger partial charge in [-0.25, -0.2) is 4.39 Å². The molecule has 0 saturated carbocycles. The van der Waals surface area contributed by atoms with E-state index in [0.717, 1.165) is 5.56 Å². The zero-order chi connectivity index (χ0) is 24.7. The Bertz CT molecular complexity index is 1660. The third kappa shape index (κ3) is 4.06. The number of carbonyl (C=O) groups is 1. The van der Waals surface area contributed by atoms with Crippen LogP contribution in [0.2, 0.25) is 5.02 Å². The topological polar surface area (TPSA) is 103 Å². The number of amides is 1. The van der Waals surface area contributed by atoms with Crippen molar-refractivity contribution in [2.45, 2.75) is 6.92 Å². The predicted molar refractivity (Wildman–Crippen MR) is 130 cm³/mol. The van der Waals surface area contributed by atoms with Gasteiger partial charge in [0.05, 0.1) is 16.7 Å². The lowest BCUT2D eigenvalue weighted by molar-refractivity contribution is 0.102. The van der Waals surface area contributed by atoms with Gasteiger partial charge >= 0.3 is 0 Å². The van der Waals surface area contributed by atoms with Gasteiger partial charge < -0.3 is 14.4 Å². The van der Waals surface area contributed by atoms with E-state index in [1.165, 1.54) is 41.3 Å². The van der Waals surface area contributed by atoms with Crippen LogP contribution >= 0.6 is 11.6 Å². The van der Waals surface area contributed by atoms with Crippen molar-refractivity contribution >= 4 is 34.2 Å². The number of nitrogens with zero attached hydrogens (tertiary/aromatic N) is 4. The molecule has 0 aliphatic rings. The first-order chi connectivity index (χ1) is 16.8. The van der Waals surface area contributed by atoms with E-state index in [1.807, 2.05) is 6.92 Å². The van der Waals surface area contributed by atoms with Crippen molar-refractivity contribution < 1.29 is 13.7 Å². The molecule has 1 amide bonds. The van der Waals surface area contributed by atoms with Gasteiger partial charge in [0.15, 0.2) is 5.82 Å². The molecule has 0 atom stereocenters. The summed E-state index contributed by atoms with van der Waals surface area (Å²) in [7, 11) is 1.62. The third-order valence-electron chi connectivity index (χ3n) is 5.68. The molecule has 5 rings (SSSR count). The summed E-state index contributed by atoms with van der Waals surface area (Å²) in [5, 5.41) is 15.4. The summed E-state index contributed by atoms with van der Waals surface area (Å²) >= 11 is 6.26. The van der Waals surface area contributed by atoms with Gasteiger partial charge in [-0.1, -0.05) is 22.8 Å². The normalized spacial score (nSPS) is 11.1. The minimum atomic E-state index is -0.480. The van der Waals surface area contributed by atoms with E-state index >= 15 is 0 Å². The molecule has 0 saturated heterocycles. The van der Waals surface area contributed by atoms with Gasteiger partial charge in [0.2, 0.25) is 0 Å². The number of benzene rings is 2. The standard InChI is InChI=1S/C25H17ClFN5O3/c1-13-3-4-14(24(33)29-21-7-8-35-31-21)9-18(13)19-10-15-12-28-30-22(23(15)32(2)25(19)34)17-6-5-16(27)11-20(17)26/h3-12H,1-2H3,(H,29,31,33). The molecule has 35 heavy (non-hydrogen) atoms. The molecule has 5 aromatic rings. The minimum absolute atomic E-state index is 0.157. The summed E-state index contributed by atoms with van der Waals surface area (Å²) in [6.07, 6.45) is 2.89. The number of carbonyl (C=O) groups excluding carboxylic acids is 1. The molecule has 10 heteroatoms. The molecule has 0 aliphatic carbocycles. The largest absolute Gasteiger partial charge is 0.363 e. The van der Waals surface area contributed by atoms with Gasteiger partial charge in [-0.05, 0) is 54.4 Å². The molecule has 0 bridgehead atoms. The summed E-state index contributed by atoms with van der Waals surface area (Å²) in [5.41, 5.74) is 3.15. The van der Waals surface area contributed by atoms with Crippen LogP contribution in [-0.2, 0) is 7.05 Å². The molecule has 0 unspecified atom stereocenters. The highest BCUT2D eigenvalue weighted by Crippen LogP contribution is 2.33. The number of aromatic nitrogens is 4. The maximum atomic E-state index is 13.6. The summed E-state index contributed by atoms with van der Waals surface area (Å²) < 4.78 is 19.8. The third-order valence-corrected chi connectivity index (χ3v) is 5.99. The van der Waals surface area contributed by atoms with Crippen LogP contribution in [0.3, 0.4) is 0 Å². The number of nitrogens with one attached hydrogen (secondary N) is 1. The quantitative estimate of drug-likeness (QED) is 0.381. The SMILES string of the molecule is Cc1ccc(C(=O)Nc2ccon2)cc1-c1cc2cnnc(-c3ccc(F)cc3Cl)c2n(C)c1=O. The maximum absolute atomic E-state index is 13.6. The molecule has 1 N–H and O–H groups in total. The number of fused-ring (bicyclic) bond motifs is 1. The van der Waals surface area contributed by atoms with E-state index in [9.17, 15) is 14.0 Å². The molecule has 3 aromatic heterocycles. The van der Waals surface area contributed by atoms with Crippen LogP contribution in [0.25, 0.3) is 33.3 Å². The van der Waals surface area contributed by atoms with Crippen molar-refractivity contribution in [3.05, 3.63) is 93.3 Å². The van der Waals surface area contributed by atoms with Crippen LogP contribution in [0.1, 0.15) is 15.9 Å². The highest BCUT2D eigenvalue weighted by molar-refractivity contribution is 6.33. The van der Waals surface area contributed by atoms with Gasteiger partial charge in [-0.3, -0.25) is 9.59 Å². The zero-order valence-electron chi connectivity index (χ0n) is 18.5. The second-order valence-electron chi connectivity index (χ2n) is 7.91. The Labute approximate surface area is 203 Å². The molecule has 0 aliphatic heterocycles. The molecular weight excluding hydrogens is 473 g/mol. The van der Waals surface area contributed by atoms with E-state index < -0.39 is 11.7 Å². The number of pyridine rings is 1. The van der Waals surface area contributed by atoms with Crippen molar-refractivity contribution in [2.75, 3.05) is 5.32 Å². The van der Waals surface area contributed by atoms with E-state index in [0.29, 0.717) is 38.9 Å². The molecule has 0 spiro atoms. The van der Waals surface area contributed by atoms with Gasteiger partial charge in [0.1, 0.15) is 17.8 Å². The van der Waals surface area contributed by atoms with Crippen molar-refractivity contribution in [1.82, 2.24) is 19.9 Å². The van der Waals surface area contributed by atoms with Crippen molar-refractivity contribution in [3.63, 3.8) is 0 Å². The molecule has 3 heterocycles. The van der Waals surface area contributed by atoms with Crippen LogP contribution in [0, 0.1) is 12.7 Å². The van der Waals surface area contributed by atoms with Crippen LogP contribution in [0.15, 0.2) is 70.3 Å². The predicted octanol–water partition coefficient (Wildman–Crippen LogP) is 5.00. The Kier molecular flexibility index (Phi) is 5.62. The molecule has 2 aromatic carbocycles. The van der Waals surface area contributed by atoms with E-state index in [-0.39, 0.29) is 16.4 Å². The maximum Gasteiger partial charge on any atom is 0.258 e. The molecule has 174 valence electrons. The monoisotopic (exact) mass is 489 g/mol. The molecular formula is C25H17ClFN5O3. The van der Waals surface area contributed by atoms with Crippen molar-refractivity contribution in [2.24, 2.45) is 7.05 Å². The van der Waals surface area contributed by atoms with Crippen LogP contribution in [-0.4, -0.2) is 25.8 Å². The van der Waals surface area contributed by atoms with Crippen molar-refractivity contribution in [3.8, 4) is 22.4 Å². The molecule has 0 radical (unpaired) electrons. The highest BCUT2D eigenvalue weighted by Gasteiger charge is 2.19. The fourth-order valence-corrected chi connectivity index (χ4v) is 4.18. The van der Waals surface area contributed by atoms with Crippen LogP contribution < -0.4 is 10.9 Å². The fourth-order valence-electron chi connectivity index (χ4n) is 3.93. The summed E-state index contributed by atoms with van der Waals surface area (Å²) in [4.78, 5) is 26.2. The summed E-state index contributed by atoms with van der Waals surface area (Å²) in [6.45, 7) is 1.85. The number of anilines is 1. The van der Waals surface area contributed by atoms with E-state index in [4.69, 9.17) is 16.1 Å². The van der Waals surface area contributed by atoms with E-state index in [2.05, 4.69) is 20.7 Å². The Hall–Kier alpha value is -4.37. The molecule has 8 nitrogen and oxygen atoms in total. The first kappa shape index (κ1) is 22.4. The number of halogens is 2. The molecule has 0 fully saturated rings. The lowest BCUT2D eigenvalue weighted by Crippen LogP contribution is -2.20. The summed E-state index contributed by atoms with van der Waals surface area (Å²) in [6, 6.07) is 12.3. The van der Waals surface area contributed by atoms with Gasteiger partial charge in [0, 0.05) is 35.2 Å².